The molecule has 0 saturated carbocycles. The van der Waals surface area contributed by atoms with Crippen molar-refractivity contribution in [1.29, 1.82) is 0 Å². The van der Waals surface area contributed by atoms with Crippen molar-refractivity contribution in [1.82, 2.24) is 10.3 Å². The monoisotopic (exact) mass is 342 g/mol. The summed E-state index contributed by atoms with van der Waals surface area (Å²) in [6, 6.07) is 9.37. The number of aliphatic carboxylic acids is 1. The molecular formula is C18H12F2N2O3. The Balaban J connectivity index is 1.89. The van der Waals surface area contributed by atoms with Crippen molar-refractivity contribution in [2.75, 3.05) is 0 Å². The third kappa shape index (κ3) is 3.45. The zero-order valence-electron chi connectivity index (χ0n) is 12.7. The molecule has 1 aromatic heterocycles. The number of benzene rings is 2. The van der Waals surface area contributed by atoms with Gasteiger partial charge in [0, 0.05) is 17.1 Å². The van der Waals surface area contributed by atoms with Gasteiger partial charge in [-0.25, -0.2) is 13.6 Å². The standard InChI is InChI=1S/C18H12F2N2O3/c19-13-5-3-11(9-14(13)20)16(18(24)25)22-17(23)12-4-6-15-10(8-12)2-1-7-21-15/h1-9,16H,(H,22,23)(H,24,25)/t16-/m1/s1. The summed E-state index contributed by atoms with van der Waals surface area (Å²) in [6.07, 6.45) is 1.62. The molecule has 0 bridgehead atoms. The van der Waals surface area contributed by atoms with Crippen LogP contribution >= 0.6 is 0 Å². The molecule has 5 nitrogen and oxygen atoms in total. The highest BCUT2D eigenvalue weighted by Crippen LogP contribution is 2.19. The van der Waals surface area contributed by atoms with Crippen LogP contribution in [0.2, 0.25) is 0 Å². The second-order valence-corrected chi connectivity index (χ2v) is 5.33. The lowest BCUT2D eigenvalue weighted by Crippen LogP contribution is -2.33. The largest absolute Gasteiger partial charge is 0.479 e. The summed E-state index contributed by atoms with van der Waals surface area (Å²) >= 11 is 0. The van der Waals surface area contributed by atoms with Gasteiger partial charge in [-0.2, -0.15) is 0 Å². The predicted octanol–water partition coefficient (Wildman–Crippen LogP) is 3.07. The molecule has 25 heavy (non-hydrogen) atoms. The summed E-state index contributed by atoms with van der Waals surface area (Å²) in [7, 11) is 0. The molecule has 1 heterocycles. The molecule has 7 heteroatoms. The first-order valence-corrected chi connectivity index (χ1v) is 7.29. The number of fused-ring (bicyclic) bond motifs is 1. The van der Waals surface area contributed by atoms with Crippen LogP contribution in [0.4, 0.5) is 8.78 Å². The molecule has 0 aliphatic rings. The van der Waals surface area contributed by atoms with Gasteiger partial charge in [0.1, 0.15) is 0 Å². The van der Waals surface area contributed by atoms with Gasteiger partial charge in [-0.3, -0.25) is 9.78 Å². The van der Waals surface area contributed by atoms with Gasteiger partial charge in [0.2, 0.25) is 0 Å². The number of rotatable bonds is 4. The number of hydrogen-bond donors (Lipinski definition) is 2. The van der Waals surface area contributed by atoms with E-state index >= 15 is 0 Å². The molecule has 1 amide bonds. The van der Waals surface area contributed by atoms with Gasteiger partial charge >= 0.3 is 5.97 Å². The van der Waals surface area contributed by atoms with Crippen molar-refractivity contribution in [2.24, 2.45) is 0 Å². The van der Waals surface area contributed by atoms with E-state index in [1.807, 2.05) is 0 Å². The molecule has 0 aliphatic carbocycles. The maximum atomic E-state index is 13.4. The minimum atomic E-state index is -1.51. The molecule has 3 rings (SSSR count). The molecule has 2 aromatic carbocycles. The fraction of sp³-hybridized carbons (Fsp3) is 0.0556. The molecule has 1 atom stereocenters. The van der Waals surface area contributed by atoms with Crippen LogP contribution in [-0.2, 0) is 4.79 Å². The Morgan fingerprint density at radius 2 is 1.84 bits per heavy atom. The summed E-state index contributed by atoms with van der Waals surface area (Å²) in [5, 5.41) is 12.3. The molecule has 3 aromatic rings. The fourth-order valence-electron chi connectivity index (χ4n) is 2.41. The van der Waals surface area contributed by atoms with Crippen LogP contribution in [0.3, 0.4) is 0 Å². The Kier molecular flexibility index (Phi) is 4.38. The minimum Gasteiger partial charge on any atom is -0.479 e. The van der Waals surface area contributed by atoms with Gasteiger partial charge in [0.15, 0.2) is 17.7 Å². The average molecular weight is 342 g/mol. The Labute approximate surface area is 140 Å². The third-order valence-electron chi connectivity index (χ3n) is 3.66. The number of nitrogens with zero attached hydrogens (tertiary/aromatic N) is 1. The maximum absolute atomic E-state index is 13.4. The first-order valence-electron chi connectivity index (χ1n) is 7.29. The smallest absolute Gasteiger partial charge is 0.330 e. The molecule has 0 radical (unpaired) electrons. The Morgan fingerprint density at radius 1 is 1.04 bits per heavy atom. The lowest BCUT2D eigenvalue weighted by atomic mass is 10.1. The summed E-state index contributed by atoms with van der Waals surface area (Å²) in [4.78, 5) is 27.9. The highest BCUT2D eigenvalue weighted by atomic mass is 19.2. The number of aromatic nitrogens is 1. The summed E-state index contributed by atoms with van der Waals surface area (Å²) < 4.78 is 26.4. The number of nitrogens with one attached hydrogen (secondary N) is 1. The minimum absolute atomic E-state index is 0.0674. The van der Waals surface area contributed by atoms with E-state index in [1.165, 1.54) is 6.07 Å². The van der Waals surface area contributed by atoms with E-state index in [-0.39, 0.29) is 11.1 Å². The van der Waals surface area contributed by atoms with E-state index in [1.54, 1.807) is 30.5 Å². The number of hydrogen-bond acceptors (Lipinski definition) is 3. The van der Waals surface area contributed by atoms with Crippen LogP contribution in [-0.4, -0.2) is 22.0 Å². The van der Waals surface area contributed by atoms with Gasteiger partial charge < -0.3 is 10.4 Å². The van der Waals surface area contributed by atoms with Crippen molar-refractivity contribution in [3.8, 4) is 0 Å². The number of pyridine rings is 1. The van der Waals surface area contributed by atoms with Crippen LogP contribution in [0, 0.1) is 11.6 Å². The van der Waals surface area contributed by atoms with Crippen molar-refractivity contribution >= 4 is 22.8 Å². The predicted molar refractivity (Wildman–Crippen MR) is 85.9 cm³/mol. The Bertz CT molecular complexity index is 975. The average Bonchev–Trinajstić information content (AvgIpc) is 2.61. The molecule has 0 spiro atoms. The van der Waals surface area contributed by atoms with E-state index in [9.17, 15) is 23.5 Å². The van der Waals surface area contributed by atoms with Gasteiger partial charge in [0.05, 0.1) is 5.52 Å². The Morgan fingerprint density at radius 3 is 2.56 bits per heavy atom. The van der Waals surface area contributed by atoms with Crippen molar-refractivity contribution in [2.45, 2.75) is 6.04 Å². The second-order valence-electron chi connectivity index (χ2n) is 5.33. The van der Waals surface area contributed by atoms with E-state index in [0.717, 1.165) is 23.6 Å². The molecule has 0 fully saturated rings. The quantitative estimate of drug-likeness (QED) is 0.764. The first kappa shape index (κ1) is 16.5. The van der Waals surface area contributed by atoms with Crippen LogP contribution in [0.5, 0.6) is 0 Å². The lowest BCUT2D eigenvalue weighted by Gasteiger charge is -2.15. The lowest BCUT2D eigenvalue weighted by molar-refractivity contribution is -0.139. The zero-order valence-corrected chi connectivity index (χ0v) is 12.7. The summed E-state index contributed by atoms with van der Waals surface area (Å²) in [5.41, 5.74) is 0.853. The van der Waals surface area contributed by atoms with Crippen molar-refractivity contribution < 1.29 is 23.5 Å². The van der Waals surface area contributed by atoms with Gasteiger partial charge in [0.25, 0.3) is 5.91 Å². The molecule has 0 saturated heterocycles. The van der Waals surface area contributed by atoms with Crippen molar-refractivity contribution in [3.63, 3.8) is 0 Å². The number of amides is 1. The fourth-order valence-corrected chi connectivity index (χ4v) is 2.41. The maximum Gasteiger partial charge on any atom is 0.330 e. The molecular weight excluding hydrogens is 330 g/mol. The van der Waals surface area contributed by atoms with Gasteiger partial charge in [-0.05, 0) is 42.0 Å². The topological polar surface area (TPSA) is 79.3 Å². The Hall–Kier alpha value is -3.35. The van der Waals surface area contributed by atoms with Crippen LogP contribution in [0.15, 0.2) is 54.7 Å². The molecule has 126 valence electrons. The highest BCUT2D eigenvalue weighted by molar-refractivity contribution is 5.99. The van der Waals surface area contributed by atoms with E-state index in [0.29, 0.717) is 5.52 Å². The summed E-state index contributed by atoms with van der Waals surface area (Å²) in [5.74, 6) is -4.32. The normalized spacial score (nSPS) is 11.9. The number of halogens is 2. The molecule has 0 aliphatic heterocycles. The highest BCUT2D eigenvalue weighted by Gasteiger charge is 2.24. The van der Waals surface area contributed by atoms with E-state index < -0.39 is 29.6 Å². The van der Waals surface area contributed by atoms with E-state index in [4.69, 9.17) is 0 Å². The van der Waals surface area contributed by atoms with Gasteiger partial charge in [-0.1, -0.05) is 12.1 Å². The van der Waals surface area contributed by atoms with Crippen molar-refractivity contribution in [3.05, 3.63) is 77.5 Å². The van der Waals surface area contributed by atoms with Crippen LogP contribution < -0.4 is 5.32 Å². The molecule has 2 N–H and O–H groups in total. The van der Waals surface area contributed by atoms with Gasteiger partial charge in [-0.15, -0.1) is 0 Å². The number of carboxylic acid groups (broad SMARTS) is 1. The van der Waals surface area contributed by atoms with E-state index in [2.05, 4.69) is 10.3 Å². The van der Waals surface area contributed by atoms with Crippen LogP contribution in [0.1, 0.15) is 22.0 Å². The zero-order chi connectivity index (χ0) is 18.0. The SMILES string of the molecule is O=C(N[C@@H](C(=O)O)c1ccc(F)c(F)c1)c1ccc2ncccc2c1. The second kappa shape index (κ2) is 6.64. The number of carbonyl (C=O) groups excluding carboxylic acids is 1. The summed E-state index contributed by atoms with van der Waals surface area (Å²) in [6.45, 7) is 0. The molecule has 0 unspecified atom stereocenters. The number of carboxylic acids is 1. The first-order chi connectivity index (χ1) is 12.0. The van der Waals surface area contributed by atoms with Crippen LogP contribution in [0.25, 0.3) is 10.9 Å². The third-order valence-corrected chi connectivity index (χ3v) is 3.66. The number of carbonyl (C=O) groups is 2.